The van der Waals surface area contributed by atoms with E-state index in [1.165, 1.54) is 11.1 Å². The van der Waals surface area contributed by atoms with Crippen molar-refractivity contribution in [3.63, 3.8) is 0 Å². The summed E-state index contributed by atoms with van der Waals surface area (Å²) in [4.78, 5) is 17.3. The van der Waals surface area contributed by atoms with Crippen molar-refractivity contribution in [2.45, 2.75) is 84.3 Å². The maximum atomic E-state index is 12.5. The fourth-order valence-corrected chi connectivity index (χ4v) is 6.03. The predicted octanol–water partition coefficient (Wildman–Crippen LogP) is 4.37. The molecule has 1 saturated heterocycles. The molecule has 3 aromatic rings. The van der Waals surface area contributed by atoms with E-state index >= 15 is 0 Å². The lowest BCUT2D eigenvalue weighted by Gasteiger charge is -2.29. The molecule has 1 aromatic carbocycles. The summed E-state index contributed by atoms with van der Waals surface area (Å²) < 4.78 is 8.13. The Balaban J connectivity index is 1.12. The summed E-state index contributed by atoms with van der Waals surface area (Å²) in [6, 6.07) is 10.2. The monoisotopic (exact) mass is 504 g/mol. The van der Waals surface area contributed by atoms with Crippen molar-refractivity contribution in [3.05, 3.63) is 58.5 Å². The summed E-state index contributed by atoms with van der Waals surface area (Å²) in [5.74, 6) is 2.06. The first-order chi connectivity index (χ1) is 17.9. The van der Waals surface area contributed by atoms with Crippen LogP contribution in [0.15, 0.2) is 30.3 Å². The first-order valence-electron chi connectivity index (χ1n) is 13.9. The number of carbonyl (C=O) groups excluding carboxylic acids is 1. The molecule has 2 N–H and O–H groups in total. The third-order valence-corrected chi connectivity index (χ3v) is 8.19. The van der Waals surface area contributed by atoms with E-state index in [4.69, 9.17) is 14.8 Å². The average molecular weight is 505 g/mol. The van der Waals surface area contributed by atoms with E-state index in [9.17, 15) is 9.90 Å². The maximum Gasteiger partial charge on any atom is 0.159 e. The average Bonchev–Trinajstić information content (AvgIpc) is 3.48. The van der Waals surface area contributed by atoms with Crippen LogP contribution in [-0.4, -0.2) is 50.8 Å². The van der Waals surface area contributed by atoms with E-state index in [1.807, 2.05) is 11.4 Å². The van der Waals surface area contributed by atoms with Crippen molar-refractivity contribution in [3.8, 4) is 5.75 Å². The second kappa shape index (κ2) is 11.3. The van der Waals surface area contributed by atoms with Crippen LogP contribution in [0.5, 0.6) is 5.75 Å². The van der Waals surface area contributed by atoms with Gasteiger partial charge in [-0.05, 0) is 94.5 Å². The number of nitrogens with one attached hydrogen (secondary N) is 1. The van der Waals surface area contributed by atoms with Gasteiger partial charge in [-0.1, -0.05) is 19.1 Å². The van der Waals surface area contributed by atoms with Gasteiger partial charge in [-0.2, -0.15) is 5.10 Å². The number of hydrogen-bond acceptors (Lipinski definition) is 6. The lowest BCUT2D eigenvalue weighted by atomic mass is 9.79. The molecule has 1 saturated carbocycles. The highest BCUT2D eigenvalue weighted by Gasteiger charge is 2.33. The molecule has 0 amide bonds. The number of aliphatic hydroxyl groups is 1. The van der Waals surface area contributed by atoms with E-state index in [-0.39, 0.29) is 11.8 Å². The first kappa shape index (κ1) is 25.9. The van der Waals surface area contributed by atoms with Crippen molar-refractivity contribution in [2.75, 3.05) is 13.2 Å². The fraction of sp³-hybridized carbons (Fsp3) is 0.567. The van der Waals surface area contributed by atoms with Crippen LogP contribution in [0.2, 0.25) is 0 Å². The summed E-state index contributed by atoms with van der Waals surface area (Å²) in [6.07, 6.45) is 6.76. The Morgan fingerprint density at radius 3 is 2.51 bits per heavy atom. The smallest absolute Gasteiger partial charge is 0.159 e. The number of nitrogens with zero attached hydrogens (tertiary/aromatic N) is 3. The van der Waals surface area contributed by atoms with Crippen LogP contribution in [0.25, 0.3) is 5.65 Å². The second-order valence-corrected chi connectivity index (χ2v) is 11.0. The van der Waals surface area contributed by atoms with E-state index in [0.29, 0.717) is 24.7 Å². The van der Waals surface area contributed by atoms with Gasteiger partial charge in [0.05, 0.1) is 24.4 Å². The molecule has 0 radical (unpaired) electrons. The number of benzene rings is 1. The Hall–Kier alpha value is -2.77. The van der Waals surface area contributed by atoms with Gasteiger partial charge in [-0.25, -0.2) is 9.50 Å². The van der Waals surface area contributed by atoms with E-state index in [2.05, 4.69) is 49.5 Å². The largest absolute Gasteiger partial charge is 0.493 e. The summed E-state index contributed by atoms with van der Waals surface area (Å²) >= 11 is 0. The number of carbonyl (C=O) groups is 1. The standard InChI is InChI=1S/C30H40N4O3/c1-4-26-25(30-32-19(2)15-20(3)34(30)33-26)16-21-9-11-24(12-10-21)37-18-23-7-5-22(6-8-23)17-28(36)29-27(35)13-14-31-29/h9-12,15,22-23,27,29,31,35H,4-8,13-14,16-18H2,1-3H3/t22?,23?,27-,29+/m1/s1. The van der Waals surface area contributed by atoms with E-state index < -0.39 is 6.10 Å². The van der Waals surface area contributed by atoms with Crippen molar-refractivity contribution >= 4 is 11.4 Å². The zero-order valence-electron chi connectivity index (χ0n) is 22.4. The maximum absolute atomic E-state index is 12.5. The zero-order valence-corrected chi connectivity index (χ0v) is 22.4. The van der Waals surface area contributed by atoms with Crippen molar-refractivity contribution in [2.24, 2.45) is 11.8 Å². The summed E-state index contributed by atoms with van der Waals surface area (Å²) in [5.41, 5.74) is 6.62. The Labute approximate surface area is 219 Å². The van der Waals surface area contributed by atoms with Crippen LogP contribution in [0.3, 0.4) is 0 Å². The molecule has 7 heteroatoms. The lowest BCUT2D eigenvalue weighted by molar-refractivity contribution is -0.123. The molecule has 1 aliphatic heterocycles. The predicted molar refractivity (Wildman–Crippen MR) is 144 cm³/mol. The van der Waals surface area contributed by atoms with Gasteiger partial charge in [-0.15, -0.1) is 0 Å². The molecule has 7 nitrogen and oxygen atoms in total. The van der Waals surface area contributed by atoms with E-state index in [0.717, 1.165) is 80.2 Å². The molecular formula is C30H40N4O3. The number of aliphatic hydroxyl groups excluding tert-OH is 1. The number of ether oxygens (including phenoxy) is 1. The molecule has 0 bridgehead atoms. The third-order valence-electron chi connectivity index (χ3n) is 8.19. The highest BCUT2D eigenvalue weighted by Crippen LogP contribution is 2.32. The van der Waals surface area contributed by atoms with Gasteiger partial charge in [0.15, 0.2) is 11.4 Å². The highest BCUT2D eigenvalue weighted by atomic mass is 16.5. The number of aryl methyl sites for hydroxylation is 3. The molecule has 2 aliphatic rings. The Bertz CT molecular complexity index is 1230. The second-order valence-electron chi connectivity index (χ2n) is 11.0. The minimum Gasteiger partial charge on any atom is -0.493 e. The number of Topliss-reactive ketones (excluding diaryl/α,β-unsaturated/α-hetero) is 1. The molecule has 0 spiro atoms. The summed E-state index contributed by atoms with van der Waals surface area (Å²) in [7, 11) is 0. The number of rotatable bonds is 9. The van der Waals surface area contributed by atoms with Gasteiger partial charge in [0.2, 0.25) is 0 Å². The minimum absolute atomic E-state index is 0.181. The van der Waals surface area contributed by atoms with Gasteiger partial charge in [0, 0.05) is 29.8 Å². The van der Waals surface area contributed by atoms with Gasteiger partial charge < -0.3 is 15.2 Å². The summed E-state index contributed by atoms with van der Waals surface area (Å²) in [5, 5.41) is 17.9. The molecule has 198 valence electrons. The molecule has 2 aromatic heterocycles. The third kappa shape index (κ3) is 5.88. The fourth-order valence-electron chi connectivity index (χ4n) is 6.03. The topological polar surface area (TPSA) is 88.8 Å². The van der Waals surface area contributed by atoms with Crippen LogP contribution in [-0.2, 0) is 17.6 Å². The molecule has 2 atom stereocenters. The van der Waals surface area contributed by atoms with E-state index in [1.54, 1.807) is 0 Å². The molecule has 2 fully saturated rings. The number of hydrogen-bond donors (Lipinski definition) is 2. The lowest BCUT2D eigenvalue weighted by Crippen LogP contribution is -2.39. The molecule has 0 unspecified atom stereocenters. The van der Waals surface area contributed by atoms with Crippen LogP contribution in [0.4, 0.5) is 0 Å². The Kier molecular flexibility index (Phi) is 7.91. The molecule has 1 aliphatic carbocycles. The number of aromatic nitrogens is 3. The molecule has 5 rings (SSSR count). The quantitative estimate of drug-likeness (QED) is 0.450. The van der Waals surface area contributed by atoms with Gasteiger partial charge in [0.1, 0.15) is 5.75 Å². The molecular weight excluding hydrogens is 464 g/mol. The highest BCUT2D eigenvalue weighted by molar-refractivity contribution is 5.85. The Morgan fingerprint density at radius 2 is 1.84 bits per heavy atom. The van der Waals surface area contributed by atoms with Gasteiger partial charge >= 0.3 is 0 Å². The SMILES string of the molecule is CCc1nn2c(C)cc(C)nc2c1Cc1ccc(OCC2CCC(CC(=O)[C@H]3NCC[C@H]3O)CC2)cc1. The van der Waals surface area contributed by atoms with Crippen LogP contribution in [0, 0.1) is 25.7 Å². The van der Waals surface area contributed by atoms with Crippen LogP contribution >= 0.6 is 0 Å². The van der Waals surface area contributed by atoms with Crippen molar-refractivity contribution in [1.82, 2.24) is 19.9 Å². The zero-order chi connectivity index (χ0) is 25.9. The van der Waals surface area contributed by atoms with Crippen molar-refractivity contribution < 1.29 is 14.6 Å². The normalized spacial score (nSPS) is 24.0. The van der Waals surface area contributed by atoms with Gasteiger partial charge in [0.25, 0.3) is 0 Å². The van der Waals surface area contributed by atoms with Crippen molar-refractivity contribution in [1.29, 1.82) is 0 Å². The summed E-state index contributed by atoms with van der Waals surface area (Å²) in [6.45, 7) is 7.72. The minimum atomic E-state index is -0.512. The van der Waals surface area contributed by atoms with Crippen LogP contribution < -0.4 is 10.1 Å². The molecule has 3 heterocycles. The molecule has 37 heavy (non-hydrogen) atoms. The number of ketones is 1. The van der Waals surface area contributed by atoms with Gasteiger partial charge in [-0.3, -0.25) is 4.79 Å². The Morgan fingerprint density at radius 1 is 1.11 bits per heavy atom. The first-order valence-corrected chi connectivity index (χ1v) is 13.9. The van der Waals surface area contributed by atoms with Crippen LogP contribution in [0.1, 0.15) is 73.7 Å². The number of fused-ring (bicyclic) bond motifs is 1.